The minimum absolute atomic E-state index is 0.627. The first-order chi connectivity index (χ1) is 36.6. The molecule has 0 unspecified atom stereocenters. The van der Waals surface area contributed by atoms with Crippen LogP contribution < -0.4 is 0 Å². The van der Waals surface area contributed by atoms with Gasteiger partial charge in [-0.3, -0.25) is 0 Å². The number of nitrogens with zero attached hydrogens (tertiary/aromatic N) is 6. The van der Waals surface area contributed by atoms with Crippen molar-refractivity contribution in [3.05, 3.63) is 267 Å². The van der Waals surface area contributed by atoms with Gasteiger partial charge in [0.2, 0.25) is 0 Å². The fourth-order valence-corrected chi connectivity index (χ4v) is 9.75. The van der Waals surface area contributed by atoms with Crippen molar-refractivity contribution in [1.82, 2.24) is 29.9 Å². The quantitative estimate of drug-likeness (QED) is 0.136. The molecule has 11 aromatic carbocycles. The number of hydrogen-bond donors (Lipinski definition) is 0. The molecule has 0 aliphatic carbocycles. The van der Waals surface area contributed by atoms with Crippen molar-refractivity contribution in [3.63, 3.8) is 0 Å². The van der Waals surface area contributed by atoms with Crippen LogP contribution in [-0.2, 0) is 0 Å². The van der Waals surface area contributed by atoms with Crippen molar-refractivity contribution in [2.75, 3.05) is 0 Å². The summed E-state index contributed by atoms with van der Waals surface area (Å²) in [6, 6.07) is 92.9. The zero-order valence-corrected chi connectivity index (χ0v) is 40.1. The average Bonchev–Trinajstić information content (AvgIpc) is 3.49. The molecule has 0 saturated heterocycles. The van der Waals surface area contributed by atoms with E-state index in [1.807, 2.05) is 97.1 Å². The third kappa shape index (κ3) is 8.78. The molecule has 0 atom stereocenters. The molecule has 0 radical (unpaired) electrons. The molecule has 74 heavy (non-hydrogen) atoms. The van der Waals surface area contributed by atoms with Crippen LogP contribution in [0.1, 0.15) is 0 Å². The number of fused-ring (bicyclic) bond motifs is 2. The van der Waals surface area contributed by atoms with Gasteiger partial charge in [-0.05, 0) is 78.2 Å². The van der Waals surface area contributed by atoms with Crippen LogP contribution in [0.5, 0.6) is 0 Å². The van der Waals surface area contributed by atoms with Gasteiger partial charge in [0, 0.05) is 33.4 Å². The zero-order valence-electron chi connectivity index (χ0n) is 40.1. The van der Waals surface area contributed by atoms with Gasteiger partial charge in [0.1, 0.15) is 0 Å². The highest BCUT2D eigenvalue weighted by Gasteiger charge is 2.16. The van der Waals surface area contributed by atoms with Crippen molar-refractivity contribution in [2.45, 2.75) is 0 Å². The molecular weight excluding hydrogens is 901 g/mol. The number of hydrogen-bond acceptors (Lipinski definition) is 6. The highest BCUT2D eigenvalue weighted by molar-refractivity contribution is 6.07. The van der Waals surface area contributed by atoms with E-state index in [0.717, 1.165) is 61.2 Å². The lowest BCUT2D eigenvalue weighted by molar-refractivity contribution is 1.07. The smallest absolute Gasteiger partial charge is 0.164 e. The Morgan fingerprint density at radius 3 is 0.703 bits per heavy atom. The zero-order chi connectivity index (χ0) is 49.2. The van der Waals surface area contributed by atoms with E-state index in [4.69, 9.17) is 29.9 Å². The van der Waals surface area contributed by atoms with Crippen molar-refractivity contribution < 1.29 is 0 Å². The van der Waals surface area contributed by atoms with Crippen molar-refractivity contribution in [3.8, 4) is 113 Å². The molecule has 0 fully saturated rings. The van der Waals surface area contributed by atoms with E-state index in [1.54, 1.807) is 0 Å². The average molecular weight is 945 g/mol. The largest absolute Gasteiger partial charge is 0.208 e. The SMILES string of the molecule is c1ccc(-c2ccc(-c3nc(-c4ccccc4)nc(-c4ccc(-c5ccc6c(-c7cccc8cc(-c9ccc(-c%10nc(-c%11ccccc%11)nc(-c%11ccccc%11)n%10)cc9)ccc78)cccc6c5)cc4)n3)cc2)cc1. The minimum atomic E-state index is 0.627. The van der Waals surface area contributed by atoms with Crippen LogP contribution in [-0.4, -0.2) is 29.9 Å². The number of benzene rings is 11. The molecule has 13 rings (SSSR count). The van der Waals surface area contributed by atoms with Crippen LogP contribution in [0.2, 0.25) is 0 Å². The standard InChI is InChI=1S/C68H44N6/c1-5-15-45(16-6-1)46-27-33-52(34-28-46)67-72-65(51-21-11-4-12-22-51)73-68(74-67)54-37-31-48(32-38-54)56-40-42-60-58(44-56)24-14-26-62(60)61-25-13-23-57-43-55(39-41-59(57)61)47-29-35-53(36-30-47)66-70-63(49-17-7-2-8-18-49)69-64(71-66)50-19-9-3-10-20-50/h1-44H. The third-order valence-electron chi connectivity index (χ3n) is 13.6. The molecular formula is C68H44N6. The maximum atomic E-state index is 5.03. The molecule has 13 aromatic rings. The highest BCUT2D eigenvalue weighted by atomic mass is 15.0. The molecule has 346 valence electrons. The van der Waals surface area contributed by atoms with E-state index in [9.17, 15) is 0 Å². The Kier molecular flexibility index (Phi) is 11.4. The van der Waals surface area contributed by atoms with E-state index in [0.29, 0.717) is 34.9 Å². The summed E-state index contributed by atoms with van der Waals surface area (Å²) in [5, 5.41) is 4.76. The maximum absolute atomic E-state index is 5.03. The van der Waals surface area contributed by atoms with E-state index in [-0.39, 0.29) is 0 Å². The second-order valence-corrected chi connectivity index (χ2v) is 18.3. The lowest BCUT2D eigenvalue weighted by atomic mass is 9.91. The van der Waals surface area contributed by atoms with E-state index < -0.39 is 0 Å². The summed E-state index contributed by atoms with van der Waals surface area (Å²) in [7, 11) is 0. The molecule has 2 aromatic heterocycles. The van der Waals surface area contributed by atoms with Crippen molar-refractivity contribution >= 4 is 21.5 Å². The summed E-state index contributed by atoms with van der Waals surface area (Å²) in [6.07, 6.45) is 0. The molecule has 0 bridgehead atoms. The summed E-state index contributed by atoms with van der Waals surface area (Å²) in [6.45, 7) is 0. The van der Waals surface area contributed by atoms with Gasteiger partial charge in [0.05, 0.1) is 0 Å². The molecule has 0 aliphatic heterocycles. The molecule has 0 spiro atoms. The van der Waals surface area contributed by atoms with Crippen LogP contribution in [0.3, 0.4) is 0 Å². The topological polar surface area (TPSA) is 77.3 Å². The van der Waals surface area contributed by atoms with Crippen molar-refractivity contribution in [1.29, 1.82) is 0 Å². The summed E-state index contributed by atoms with van der Waals surface area (Å²) in [5.74, 6) is 3.83. The first-order valence-electron chi connectivity index (χ1n) is 24.8. The number of aromatic nitrogens is 6. The lowest BCUT2D eigenvalue weighted by Gasteiger charge is -2.13. The molecule has 6 nitrogen and oxygen atoms in total. The normalized spacial score (nSPS) is 11.2. The van der Waals surface area contributed by atoms with Gasteiger partial charge in [0.15, 0.2) is 34.9 Å². The Hall–Kier alpha value is -10.0. The first kappa shape index (κ1) is 43.9. The van der Waals surface area contributed by atoms with Crippen LogP contribution in [0, 0.1) is 0 Å². The van der Waals surface area contributed by atoms with E-state index in [1.165, 1.54) is 38.2 Å². The predicted molar refractivity (Wildman–Crippen MR) is 303 cm³/mol. The first-order valence-corrected chi connectivity index (χ1v) is 24.8. The Balaban J connectivity index is 0.775. The summed E-state index contributed by atoms with van der Waals surface area (Å²) in [5.41, 5.74) is 14.8. The molecule has 2 heterocycles. The molecule has 0 aliphatic rings. The third-order valence-corrected chi connectivity index (χ3v) is 13.6. The monoisotopic (exact) mass is 944 g/mol. The van der Waals surface area contributed by atoms with Gasteiger partial charge in [-0.15, -0.1) is 0 Å². The fraction of sp³-hybridized carbons (Fsp3) is 0. The Labute approximate surface area is 429 Å². The lowest BCUT2D eigenvalue weighted by Crippen LogP contribution is -2.00. The maximum Gasteiger partial charge on any atom is 0.164 e. The highest BCUT2D eigenvalue weighted by Crippen LogP contribution is 2.38. The van der Waals surface area contributed by atoms with Gasteiger partial charge < -0.3 is 0 Å². The Bertz CT molecular complexity index is 4070. The summed E-state index contributed by atoms with van der Waals surface area (Å²) >= 11 is 0. The van der Waals surface area contributed by atoms with Gasteiger partial charge in [-0.25, -0.2) is 29.9 Å². The minimum Gasteiger partial charge on any atom is -0.208 e. The molecule has 6 heteroatoms. The van der Waals surface area contributed by atoms with E-state index >= 15 is 0 Å². The van der Waals surface area contributed by atoms with Gasteiger partial charge in [-0.1, -0.05) is 255 Å². The number of rotatable bonds is 10. The van der Waals surface area contributed by atoms with Crippen LogP contribution in [0.4, 0.5) is 0 Å². The van der Waals surface area contributed by atoms with Crippen LogP contribution in [0.15, 0.2) is 267 Å². The predicted octanol–water partition coefficient (Wildman–Crippen LogP) is 17.0. The van der Waals surface area contributed by atoms with Crippen molar-refractivity contribution in [2.24, 2.45) is 0 Å². The molecule has 0 amide bonds. The van der Waals surface area contributed by atoms with Gasteiger partial charge in [0.25, 0.3) is 0 Å². The second-order valence-electron chi connectivity index (χ2n) is 18.3. The van der Waals surface area contributed by atoms with E-state index in [2.05, 4.69) is 170 Å². The van der Waals surface area contributed by atoms with Crippen LogP contribution >= 0.6 is 0 Å². The second kappa shape index (κ2) is 19.3. The molecule has 0 N–H and O–H groups in total. The fourth-order valence-electron chi connectivity index (χ4n) is 9.75. The summed E-state index contributed by atoms with van der Waals surface area (Å²) in [4.78, 5) is 29.7. The Morgan fingerprint density at radius 1 is 0.162 bits per heavy atom. The summed E-state index contributed by atoms with van der Waals surface area (Å²) < 4.78 is 0. The van der Waals surface area contributed by atoms with Gasteiger partial charge >= 0.3 is 0 Å². The molecule has 0 saturated carbocycles. The van der Waals surface area contributed by atoms with Gasteiger partial charge in [-0.2, -0.15) is 0 Å². The van der Waals surface area contributed by atoms with Crippen LogP contribution in [0.25, 0.3) is 134 Å². The Morgan fingerprint density at radius 2 is 0.392 bits per heavy atom.